The van der Waals surface area contributed by atoms with E-state index in [2.05, 4.69) is 21.7 Å². The van der Waals surface area contributed by atoms with Crippen molar-refractivity contribution in [3.05, 3.63) is 51.9 Å². The maximum absolute atomic E-state index is 15.2. The zero-order chi connectivity index (χ0) is 28.8. The van der Waals surface area contributed by atoms with E-state index in [9.17, 15) is 18.0 Å². The molecule has 0 amide bonds. The van der Waals surface area contributed by atoms with Crippen molar-refractivity contribution in [2.75, 3.05) is 56.5 Å². The predicted molar refractivity (Wildman–Crippen MR) is 155 cm³/mol. The molecule has 6 nitrogen and oxygen atoms in total. The lowest BCUT2D eigenvalue weighted by atomic mass is 9.96. The lowest BCUT2D eigenvalue weighted by molar-refractivity contribution is 0.0533. The van der Waals surface area contributed by atoms with Gasteiger partial charge in [0.25, 0.3) is 6.43 Å². The average Bonchev–Trinajstić information content (AvgIpc) is 2.93. The quantitative estimate of drug-likeness (QED) is 0.351. The van der Waals surface area contributed by atoms with Crippen molar-refractivity contribution < 1.29 is 17.6 Å². The highest BCUT2D eigenvalue weighted by molar-refractivity contribution is 7.99. The first-order chi connectivity index (χ1) is 19.7. The summed E-state index contributed by atoms with van der Waals surface area (Å²) in [5.41, 5.74) is 2.25. The van der Waals surface area contributed by atoms with E-state index in [1.165, 1.54) is 12.1 Å². The van der Waals surface area contributed by atoms with Crippen LogP contribution in [0.5, 0.6) is 0 Å². The molecule has 1 aromatic heterocycles. The number of aryl methyl sites for hydroxylation is 1. The second-order valence-corrected chi connectivity index (χ2v) is 12.5. The number of rotatable bonds is 6. The first-order valence-corrected chi connectivity index (χ1v) is 15.4. The first-order valence-electron chi connectivity index (χ1n) is 14.4. The molecular formula is C30H35F4N5OS. The number of hydrogen-bond donors (Lipinski definition) is 0. The van der Waals surface area contributed by atoms with E-state index in [0.717, 1.165) is 53.2 Å². The van der Waals surface area contributed by atoms with Crippen LogP contribution in [0.25, 0.3) is 22.0 Å². The number of thioether (sulfide) groups is 1. The molecule has 0 saturated carbocycles. The SMILES string of the molecule is Cc1cc2c(N3CCCC[C@@H]3C)nc(=O)n3c2c(c1-c1ccc(F)cc1F)SC[C@@H]3CN1CCN(CC(F)F)CC1. The van der Waals surface area contributed by atoms with Crippen LogP contribution in [0.2, 0.25) is 0 Å². The minimum atomic E-state index is -2.35. The van der Waals surface area contributed by atoms with Gasteiger partial charge in [-0.25, -0.2) is 22.4 Å². The smallest absolute Gasteiger partial charge is 0.350 e. The summed E-state index contributed by atoms with van der Waals surface area (Å²) in [6.45, 7) is 7.69. The molecule has 3 aliphatic rings. The van der Waals surface area contributed by atoms with Crippen molar-refractivity contribution >= 4 is 28.5 Å². The van der Waals surface area contributed by atoms with Gasteiger partial charge >= 0.3 is 5.69 Å². The summed E-state index contributed by atoms with van der Waals surface area (Å²) in [6.07, 6.45) is 0.825. The van der Waals surface area contributed by atoms with Crippen LogP contribution in [-0.2, 0) is 0 Å². The Hall–Kier alpha value is -2.63. The molecule has 220 valence electrons. The van der Waals surface area contributed by atoms with Crippen LogP contribution < -0.4 is 10.6 Å². The van der Waals surface area contributed by atoms with Crippen LogP contribution in [0.1, 0.15) is 37.8 Å². The number of nitrogens with zero attached hydrogens (tertiary/aromatic N) is 5. The standard InChI is InChI=1S/C30H35F4N5OS/c1-18-13-23-27-28(26(18)22-7-6-20(31)14-24(22)32)41-17-21(15-36-9-11-37(12-10-36)16-25(33)34)39(27)30(40)35-29(23)38-8-4-3-5-19(38)2/h6-7,13-14,19,21,25H,3-5,8-12,15-17H2,1-2H3/t19-,21-/m0/s1. The molecule has 2 aromatic carbocycles. The van der Waals surface area contributed by atoms with Gasteiger partial charge in [0.1, 0.15) is 17.5 Å². The molecule has 0 radical (unpaired) electrons. The molecule has 2 saturated heterocycles. The molecular weight excluding hydrogens is 554 g/mol. The number of alkyl halides is 2. The summed E-state index contributed by atoms with van der Waals surface area (Å²) in [4.78, 5) is 25.6. The van der Waals surface area contributed by atoms with Crippen LogP contribution in [-0.4, -0.2) is 83.4 Å². The van der Waals surface area contributed by atoms with Gasteiger partial charge in [-0.2, -0.15) is 4.98 Å². The average molecular weight is 590 g/mol. The van der Waals surface area contributed by atoms with Crippen LogP contribution in [0, 0.1) is 18.6 Å². The largest absolute Gasteiger partial charge is 0.353 e. The first kappa shape index (κ1) is 28.5. The Balaban J connectivity index is 1.46. The van der Waals surface area contributed by atoms with Gasteiger partial charge in [-0.3, -0.25) is 14.4 Å². The summed E-state index contributed by atoms with van der Waals surface area (Å²) in [6, 6.07) is 5.69. The molecule has 3 aliphatic heterocycles. The third kappa shape index (κ3) is 5.48. The van der Waals surface area contributed by atoms with Gasteiger partial charge in [0.05, 0.1) is 18.1 Å². The lowest BCUT2D eigenvalue weighted by Crippen LogP contribution is -2.50. The van der Waals surface area contributed by atoms with Crippen molar-refractivity contribution in [3.63, 3.8) is 0 Å². The highest BCUT2D eigenvalue weighted by Gasteiger charge is 2.33. The minimum Gasteiger partial charge on any atom is -0.353 e. The second-order valence-electron chi connectivity index (χ2n) is 11.5. The lowest BCUT2D eigenvalue weighted by Gasteiger charge is -2.39. The molecule has 2 fully saturated rings. The van der Waals surface area contributed by atoms with E-state index in [0.29, 0.717) is 55.4 Å². The normalized spacial score (nSPS) is 22.2. The monoisotopic (exact) mass is 589 g/mol. The Labute approximate surface area is 241 Å². The zero-order valence-corrected chi connectivity index (χ0v) is 24.2. The Morgan fingerprint density at radius 2 is 1.80 bits per heavy atom. The Morgan fingerprint density at radius 3 is 2.51 bits per heavy atom. The van der Waals surface area contributed by atoms with Crippen molar-refractivity contribution in [2.24, 2.45) is 0 Å². The third-order valence-corrected chi connectivity index (χ3v) is 9.97. The number of aromatic nitrogens is 2. The number of piperazine rings is 1. The maximum atomic E-state index is 15.2. The van der Waals surface area contributed by atoms with Gasteiger partial charge in [-0.1, -0.05) is 0 Å². The number of anilines is 1. The van der Waals surface area contributed by atoms with Crippen LogP contribution in [0.4, 0.5) is 23.4 Å². The van der Waals surface area contributed by atoms with E-state index in [-0.39, 0.29) is 24.3 Å². The Morgan fingerprint density at radius 1 is 1.05 bits per heavy atom. The van der Waals surface area contributed by atoms with Gasteiger partial charge in [0.2, 0.25) is 0 Å². The van der Waals surface area contributed by atoms with Gasteiger partial charge in [-0.15, -0.1) is 11.8 Å². The number of piperidine rings is 1. The third-order valence-electron chi connectivity index (χ3n) is 8.73. The number of hydrogen-bond acceptors (Lipinski definition) is 6. The fourth-order valence-corrected chi connectivity index (χ4v) is 8.03. The van der Waals surface area contributed by atoms with Gasteiger partial charge < -0.3 is 4.90 Å². The van der Waals surface area contributed by atoms with Crippen LogP contribution in [0.3, 0.4) is 0 Å². The van der Waals surface area contributed by atoms with Gasteiger partial charge in [0.15, 0.2) is 0 Å². The zero-order valence-electron chi connectivity index (χ0n) is 23.4. The topological polar surface area (TPSA) is 44.6 Å². The molecule has 11 heteroatoms. The summed E-state index contributed by atoms with van der Waals surface area (Å²) in [5, 5.41) is 0.871. The maximum Gasteiger partial charge on any atom is 0.350 e. The highest BCUT2D eigenvalue weighted by Crippen LogP contribution is 2.46. The van der Waals surface area contributed by atoms with E-state index in [4.69, 9.17) is 0 Å². The molecule has 0 bridgehead atoms. The Kier molecular flexibility index (Phi) is 8.04. The molecule has 4 heterocycles. The summed E-state index contributed by atoms with van der Waals surface area (Å²) < 4.78 is 56.5. The molecule has 0 aliphatic carbocycles. The number of halogens is 4. The van der Waals surface area contributed by atoms with E-state index >= 15 is 4.39 Å². The van der Waals surface area contributed by atoms with Crippen molar-refractivity contribution in [3.8, 4) is 11.1 Å². The van der Waals surface area contributed by atoms with Crippen LogP contribution in [0.15, 0.2) is 34.0 Å². The second kappa shape index (κ2) is 11.6. The molecule has 3 aromatic rings. The molecule has 0 unspecified atom stereocenters. The van der Waals surface area contributed by atoms with Gasteiger partial charge in [-0.05, 0) is 56.9 Å². The highest BCUT2D eigenvalue weighted by atomic mass is 32.2. The number of benzene rings is 2. The summed E-state index contributed by atoms with van der Waals surface area (Å²) in [7, 11) is 0. The Bertz CT molecular complexity index is 1510. The van der Waals surface area contributed by atoms with Crippen molar-refractivity contribution in [2.45, 2.75) is 56.5 Å². The summed E-state index contributed by atoms with van der Waals surface area (Å²) in [5.74, 6) is -0.0199. The molecule has 41 heavy (non-hydrogen) atoms. The fraction of sp³-hybridized carbons (Fsp3) is 0.533. The molecule has 6 rings (SSSR count). The van der Waals surface area contributed by atoms with Crippen molar-refractivity contribution in [1.29, 1.82) is 0 Å². The predicted octanol–water partition coefficient (Wildman–Crippen LogP) is 5.56. The van der Waals surface area contributed by atoms with Crippen molar-refractivity contribution in [1.82, 2.24) is 19.4 Å². The van der Waals surface area contributed by atoms with E-state index in [1.807, 2.05) is 13.0 Å². The molecule has 0 spiro atoms. The molecule has 2 atom stereocenters. The van der Waals surface area contributed by atoms with Crippen LogP contribution >= 0.6 is 11.8 Å². The molecule has 0 N–H and O–H groups in total. The van der Waals surface area contributed by atoms with E-state index in [1.54, 1.807) is 21.2 Å². The fourth-order valence-electron chi connectivity index (χ4n) is 6.66. The minimum absolute atomic E-state index is 0.182. The van der Waals surface area contributed by atoms with E-state index < -0.39 is 18.1 Å². The summed E-state index contributed by atoms with van der Waals surface area (Å²) >= 11 is 1.60. The van der Waals surface area contributed by atoms with Gasteiger partial charge in [0, 0.05) is 78.5 Å².